The summed E-state index contributed by atoms with van der Waals surface area (Å²) in [6.07, 6.45) is 1.22. The van der Waals surface area contributed by atoms with Crippen LogP contribution in [0.4, 0.5) is 0 Å². The lowest BCUT2D eigenvalue weighted by atomic mass is 10.1. The average molecular weight is 207 g/mol. The molecule has 0 radical (unpaired) electrons. The van der Waals surface area contributed by atoms with Crippen LogP contribution >= 0.6 is 11.5 Å². The Hall–Kier alpha value is -1.42. The van der Waals surface area contributed by atoms with Crippen LogP contribution < -0.4 is 5.56 Å². The molecule has 0 aliphatic heterocycles. The Morgan fingerprint density at radius 3 is 3.00 bits per heavy atom. The van der Waals surface area contributed by atoms with Crippen LogP contribution in [-0.2, 0) is 18.3 Å². The van der Waals surface area contributed by atoms with E-state index >= 15 is 0 Å². The van der Waals surface area contributed by atoms with Crippen molar-refractivity contribution in [1.29, 1.82) is 0 Å². The van der Waals surface area contributed by atoms with Gasteiger partial charge in [-0.2, -0.15) is 0 Å². The fraction of sp³-hybridized carbons (Fsp3) is 0.200. The molecule has 0 N–H and O–H groups in total. The average Bonchev–Trinajstić information content (AvgIpc) is 2.45. The summed E-state index contributed by atoms with van der Waals surface area (Å²) in [7, 11) is 1.74. The highest BCUT2D eigenvalue weighted by Crippen LogP contribution is 2.17. The second-order valence-corrected chi connectivity index (χ2v) is 4.27. The van der Waals surface area contributed by atoms with Gasteiger partial charge in [0.15, 0.2) is 0 Å². The SMILES string of the molecule is Cn1sc2ccc(CC=O)cc2c1=O. The van der Waals surface area contributed by atoms with Gasteiger partial charge in [0.2, 0.25) is 0 Å². The van der Waals surface area contributed by atoms with Crippen molar-refractivity contribution < 1.29 is 4.79 Å². The van der Waals surface area contributed by atoms with Gasteiger partial charge in [0.05, 0.1) is 10.1 Å². The number of nitrogens with zero attached hydrogens (tertiary/aromatic N) is 1. The summed E-state index contributed by atoms with van der Waals surface area (Å²) in [5.41, 5.74) is 0.903. The fourth-order valence-corrected chi connectivity index (χ4v) is 2.26. The second kappa shape index (κ2) is 3.38. The third-order valence-corrected chi connectivity index (χ3v) is 3.11. The highest BCUT2D eigenvalue weighted by molar-refractivity contribution is 7.13. The molecular weight excluding hydrogens is 198 g/mol. The third kappa shape index (κ3) is 1.37. The molecular formula is C10H9NO2S. The van der Waals surface area contributed by atoms with Gasteiger partial charge in [-0.15, -0.1) is 0 Å². The van der Waals surface area contributed by atoms with Crippen molar-refractivity contribution in [3.05, 3.63) is 34.1 Å². The summed E-state index contributed by atoms with van der Waals surface area (Å²) in [5, 5.41) is 0.705. The molecule has 3 nitrogen and oxygen atoms in total. The van der Waals surface area contributed by atoms with Crippen molar-refractivity contribution in [2.45, 2.75) is 6.42 Å². The maximum Gasteiger partial charge on any atom is 0.268 e. The van der Waals surface area contributed by atoms with Crippen LogP contribution in [0.5, 0.6) is 0 Å². The fourth-order valence-electron chi connectivity index (χ4n) is 1.41. The predicted octanol–water partition coefficient (Wildman–Crippen LogP) is 1.34. The molecule has 0 saturated heterocycles. The van der Waals surface area contributed by atoms with E-state index in [0.29, 0.717) is 11.8 Å². The van der Waals surface area contributed by atoms with Gasteiger partial charge in [-0.1, -0.05) is 17.6 Å². The van der Waals surface area contributed by atoms with Crippen molar-refractivity contribution >= 4 is 27.9 Å². The Labute approximate surface area is 84.7 Å². The van der Waals surface area contributed by atoms with E-state index in [2.05, 4.69) is 0 Å². The van der Waals surface area contributed by atoms with Crippen molar-refractivity contribution in [3.8, 4) is 0 Å². The predicted molar refractivity (Wildman–Crippen MR) is 56.8 cm³/mol. The minimum Gasteiger partial charge on any atom is -0.303 e. The van der Waals surface area contributed by atoms with Gasteiger partial charge >= 0.3 is 0 Å². The molecule has 0 amide bonds. The lowest BCUT2D eigenvalue weighted by Crippen LogP contribution is -2.07. The molecule has 1 aromatic heterocycles. The molecule has 2 rings (SSSR count). The van der Waals surface area contributed by atoms with Gasteiger partial charge in [-0.05, 0) is 17.7 Å². The Kier molecular flexibility index (Phi) is 2.21. The molecule has 1 aromatic carbocycles. The molecule has 1 heterocycles. The number of aldehydes is 1. The van der Waals surface area contributed by atoms with Crippen LogP contribution in [0, 0.1) is 0 Å². The smallest absolute Gasteiger partial charge is 0.268 e. The normalized spacial score (nSPS) is 10.6. The Balaban J connectivity index is 2.69. The zero-order chi connectivity index (χ0) is 10.1. The van der Waals surface area contributed by atoms with E-state index in [1.165, 1.54) is 11.5 Å². The second-order valence-electron chi connectivity index (χ2n) is 3.10. The van der Waals surface area contributed by atoms with Gasteiger partial charge in [-0.25, -0.2) is 0 Å². The van der Waals surface area contributed by atoms with E-state index in [9.17, 15) is 9.59 Å². The topological polar surface area (TPSA) is 39.1 Å². The zero-order valence-electron chi connectivity index (χ0n) is 7.69. The minimum absolute atomic E-state index is 0.0118. The summed E-state index contributed by atoms with van der Waals surface area (Å²) in [6.45, 7) is 0. The summed E-state index contributed by atoms with van der Waals surface area (Å²) in [4.78, 5) is 21.9. The van der Waals surface area contributed by atoms with Crippen molar-refractivity contribution in [3.63, 3.8) is 0 Å². The molecule has 0 bridgehead atoms. The first-order valence-electron chi connectivity index (χ1n) is 4.25. The highest BCUT2D eigenvalue weighted by Gasteiger charge is 2.04. The first kappa shape index (κ1) is 9.15. The summed E-state index contributed by atoms with van der Waals surface area (Å²) >= 11 is 1.42. The number of benzene rings is 1. The Morgan fingerprint density at radius 1 is 1.50 bits per heavy atom. The number of fused-ring (bicyclic) bond motifs is 1. The van der Waals surface area contributed by atoms with E-state index < -0.39 is 0 Å². The molecule has 2 aromatic rings. The summed E-state index contributed by atoms with van der Waals surface area (Å²) in [5.74, 6) is 0. The molecule has 4 heteroatoms. The van der Waals surface area contributed by atoms with E-state index in [1.54, 1.807) is 17.1 Å². The largest absolute Gasteiger partial charge is 0.303 e. The van der Waals surface area contributed by atoms with Crippen molar-refractivity contribution in [2.75, 3.05) is 0 Å². The number of aromatic nitrogens is 1. The van der Waals surface area contributed by atoms with Crippen LogP contribution in [-0.4, -0.2) is 10.2 Å². The third-order valence-electron chi connectivity index (χ3n) is 2.11. The molecule has 0 unspecified atom stereocenters. The number of rotatable bonds is 2. The van der Waals surface area contributed by atoms with Crippen LogP contribution in [0.1, 0.15) is 5.56 Å². The lowest BCUT2D eigenvalue weighted by Gasteiger charge is -1.92. The number of hydrogen-bond acceptors (Lipinski definition) is 3. The molecule has 72 valence electrons. The summed E-state index contributed by atoms with van der Waals surface area (Å²) < 4.78 is 2.56. The molecule has 0 fully saturated rings. The van der Waals surface area contributed by atoms with E-state index in [4.69, 9.17) is 0 Å². The molecule has 0 atom stereocenters. The molecule has 14 heavy (non-hydrogen) atoms. The number of carbonyl (C=O) groups is 1. The molecule has 0 aliphatic carbocycles. The molecule has 0 aliphatic rings. The standard InChI is InChI=1S/C10H9NO2S/c1-11-10(13)8-6-7(4-5-12)2-3-9(8)14-11/h2-3,5-6H,4H2,1H3. The van der Waals surface area contributed by atoms with Crippen molar-refractivity contribution in [1.82, 2.24) is 3.96 Å². The number of hydrogen-bond donors (Lipinski definition) is 0. The van der Waals surface area contributed by atoms with Crippen LogP contribution in [0.15, 0.2) is 23.0 Å². The maximum atomic E-state index is 11.6. The van der Waals surface area contributed by atoms with Gasteiger partial charge in [0.25, 0.3) is 5.56 Å². The Bertz CT molecular complexity index is 539. The van der Waals surface area contributed by atoms with E-state index in [0.717, 1.165) is 16.5 Å². The zero-order valence-corrected chi connectivity index (χ0v) is 8.50. The van der Waals surface area contributed by atoms with Gasteiger partial charge < -0.3 is 4.79 Å². The van der Waals surface area contributed by atoms with Crippen LogP contribution in [0.2, 0.25) is 0 Å². The van der Waals surface area contributed by atoms with Crippen molar-refractivity contribution in [2.24, 2.45) is 7.05 Å². The summed E-state index contributed by atoms with van der Waals surface area (Å²) in [6, 6.07) is 5.56. The Morgan fingerprint density at radius 2 is 2.29 bits per heavy atom. The van der Waals surface area contributed by atoms with Crippen LogP contribution in [0.3, 0.4) is 0 Å². The van der Waals surface area contributed by atoms with E-state index in [1.807, 2.05) is 12.1 Å². The number of aryl methyl sites for hydroxylation is 1. The van der Waals surface area contributed by atoms with Gasteiger partial charge in [0, 0.05) is 13.5 Å². The molecule has 0 spiro atoms. The maximum absolute atomic E-state index is 11.6. The van der Waals surface area contributed by atoms with E-state index in [-0.39, 0.29) is 5.56 Å². The first-order valence-corrected chi connectivity index (χ1v) is 5.02. The first-order chi connectivity index (χ1) is 6.72. The van der Waals surface area contributed by atoms with Gasteiger partial charge in [-0.3, -0.25) is 8.75 Å². The monoisotopic (exact) mass is 207 g/mol. The van der Waals surface area contributed by atoms with Crippen LogP contribution in [0.25, 0.3) is 10.1 Å². The lowest BCUT2D eigenvalue weighted by molar-refractivity contribution is -0.107. The highest BCUT2D eigenvalue weighted by atomic mass is 32.1. The number of carbonyl (C=O) groups excluding carboxylic acids is 1. The quantitative estimate of drug-likeness (QED) is 0.697. The molecule has 0 saturated carbocycles. The van der Waals surface area contributed by atoms with Gasteiger partial charge in [0.1, 0.15) is 6.29 Å². The minimum atomic E-state index is 0.0118.